The number of ether oxygens (including phenoxy) is 2. The average Bonchev–Trinajstić information content (AvgIpc) is 3.25. The molecule has 0 spiro atoms. The van der Waals surface area contributed by atoms with Crippen molar-refractivity contribution in [3.05, 3.63) is 59.9 Å². The largest absolute Gasteiger partial charge is 0.478 e. The molecule has 6 nitrogen and oxygen atoms in total. The van der Waals surface area contributed by atoms with Gasteiger partial charge in [-0.2, -0.15) is 0 Å². The van der Waals surface area contributed by atoms with Gasteiger partial charge in [0.1, 0.15) is 0 Å². The smallest absolute Gasteiger partial charge is 0.279 e. The topological polar surface area (TPSA) is 76.7 Å². The lowest BCUT2D eigenvalue weighted by Crippen LogP contribution is -2.47. The minimum Gasteiger partial charge on any atom is -0.478 e. The summed E-state index contributed by atoms with van der Waals surface area (Å²) in [5.41, 5.74) is 5.17. The van der Waals surface area contributed by atoms with Crippen LogP contribution in [0.3, 0.4) is 0 Å². The number of hydrazine groups is 1. The average molecular weight is 418 g/mol. The number of hydrogen-bond acceptors (Lipinski definition) is 5. The maximum absolute atomic E-state index is 13.6. The number of hydrogen-bond donors (Lipinski definition) is 2. The molecule has 0 radical (unpaired) electrons. The highest BCUT2D eigenvalue weighted by molar-refractivity contribution is 7.99. The molecule has 2 atom stereocenters. The summed E-state index contributed by atoms with van der Waals surface area (Å²) in [7, 11) is 0. The van der Waals surface area contributed by atoms with Crippen molar-refractivity contribution in [2.24, 2.45) is 0 Å². The number of benzene rings is 2. The molecular weight excluding hydrogens is 395 g/mol. The summed E-state index contributed by atoms with van der Waals surface area (Å²) < 4.78 is 24.6. The van der Waals surface area contributed by atoms with Crippen molar-refractivity contribution in [1.82, 2.24) is 10.9 Å². The van der Waals surface area contributed by atoms with Crippen LogP contribution >= 0.6 is 11.8 Å². The molecule has 1 aliphatic rings. The van der Waals surface area contributed by atoms with Gasteiger partial charge in [-0.3, -0.25) is 20.4 Å². The van der Waals surface area contributed by atoms with Crippen LogP contribution in [-0.4, -0.2) is 36.4 Å². The Kier molecular flexibility index (Phi) is 7.48. The van der Waals surface area contributed by atoms with Gasteiger partial charge in [-0.05, 0) is 44.0 Å². The number of carbonyl (C=O) groups is 2. The van der Waals surface area contributed by atoms with E-state index in [1.54, 1.807) is 30.0 Å². The van der Waals surface area contributed by atoms with Crippen LogP contribution in [0, 0.1) is 5.82 Å². The Bertz CT molecular complexity index is 858. The van der Waals surface area contributed by atoms with Gasteiger partial charge in [-0.25, -0.2) is 4.39 Å². The minimum absolute atomic E-state index is 0.0302. The lowest BCUT2D eigenvalue weighted by atomic mass is 10.2. The molecular formula is C21H23FN2O4S. The number of rotatable bonds is 7. The Morgan fingerprint density at radius 2 is 1.97 bits per heavy atom. The van der Waals surface area contributed by atoms with Gasteiger partial charge in [0.25, 0.3) is 11.8 Å². The van der Waals surface area contributed by atoms with Gasteiger partial charge >= 0.3 is 0 Å². The zero-order valence-corrected chi connectivity index (χ0v) is 16.8. The predicted molar refractivity (Wildman–Crippen MR) is 108 cm³/mol. The van der Waals surface area contributed by atoms with Gasteiger partial charge in [0.15, 0.2) is 17.7 Å². The van der Waals surface area contributed by atoms with E-state index in [0.717, 1.165) is 30.1 Å². The lowest BCUT2D eigenvalue weighted by molar-refractivity contribution is -0.128. The first-order valence-electron chi connectivity index (χ1n) is 9.39. The summed E-state index contributed by atoms with van der Waals surface area (Å²) >= 11 is 1.55. The van der Waals surface area contributed by atoms with Crippen molar-refractivity contribution < 1.29 is 23.5 Å². The van der Waals surface area contributed by atoms with Crippen molar-refractivity contribution in [2.75, 3.05) is 12.4 Å². The summed E-state index contributed by atoms with van der Waals surface area (Å²) in [5, 5.41) is 0. The molecule has 2 aromatic rings. The molecule has 1 heterocycles. The molecule has 0 aliphatic carbocycles. The second-order valence-corrected chi connectivity index (χ2v) is 7.64. The van der Waals surface area contributed by atoms with Crippen LogP contribution in [0.4, 0.5) is 4.39 Å². The second kappa shape index (κ2) is 10.3. The van der Waals surface area contributed by atoms with Crippen LogP contribution in [0.2, 0.25) is 0 Å². The molecule has 8 heteroatoms. The molecule has 154 valence electrons. The summed E-state index contributed by atoms with van der Waals surface area (Å²) in [6.45, 7) is 2.26. The van der Waals surface area contributed by atoms with Gasteiger partial charge in [-0.1, -0.05) is 24.3 Å². The highest BCUT2D eigenvalue weighted by atomic mass is 32.2. The van der Waals surface area contributed by atoms with Gasteiger partial charge in [0.05, 0.1) is 11.7 Å². The number of nitrogens with one attached hydrogen (secondary N) is 2. The third-order valence-electron chi connectivity index (χ3n) is 4.39. The van der Waals surface area contributed by atoms with E-state index in [-0.39, 0.29) is 11.9 Å². The minimum atomic E-state index is -0.990. The zero-order chi connectivity index (χ0) is 20.6. The van der Waals surface area contributed by atoms with E-state index in [0.29, 0.717) is 5.56 Å². The fourth-order valence-electron chi connectivity index (χ4n) is 2.81. The zero-order valence-electron chi connectivity index (χ0n) is 16.0. The van der Waals surface area contributed by atoms with E-state index in [1.807, 2.05) is 12.1 Å². The molecule has 29 heavy (non-hydrogen) atoms. The van der Waals surface area contributed by atoms with Crippen molar-refractivity contribution in [2.45, 2.75) is 36.9 Å². The molecule has 1 fully saturated rings. The van der Waals surface area contributed by atoms with Crippen LogP contribution < -0.4 is 15.6 Å². The highest BCUT2D eigenvalue weighted by Gasteiger charge is 2.20. The Balaban J connectivity index is 1.53. The number of para-hydroxylation sites is 1. The first-order chi connectivity index (χ1) is 14.0. The molecule has 2 aromatic carbocycles. The Hall–Kier alpha value is -2.58. The van der Waals surface area contributed by atoms with E-state index < -0.39 is 23.7 Å². The fraction of sp³-hybridized carbons (Fsp3) is 0.333. The van der Waals surface area contributed by atoms with E-state index in [9.17, 15) is 14.0 Å². The normalized spacial score (nSPS) is 16.8. The van der Waals surface area contributed by atoms with Crippen LogP contribution in [-0.2, 0) is 9.53 Å². The molecule has 0 saturated carbocycles. The quantitative estimate of drug-likeness (QED) is 0.533. The summed E-state index contributed by atoms with van der Waals surface area (Å²) in [4.78, 5) is 25.5. The molecule has 1 saturated heterocycles. The monoisotopic (exact) mass is 418 g/mol. The molecule has 0 aromatic heterocycles. The van der Waals surface area contributed by atoms with E-state index >= 15 is 0 Å². The van der Waals surface area contributed by atoms with Gasteiger partial charge in [0.2, 0.25) is 0 Å². The van der Waals surface area contributed by atoms with Crippen molar-refractivity contribution in [3.63, 3.8) is 0 Å². The van der Waals surface area contributed by atoms with Crippen LogP contribution in [0.1, 0.15) is 30.1 Å². The van der Waals surface area contributed by atoms with Crippen molar-refractivity contribution >= 4 is 23.6 Å². The predicted octanol–water partition coefficient (Wildman–Crippen LogP) is 3.33. The molecule has 2 amide bonds. The lowest BCUT2D eigenvalue weighted by Gasteiger charge is -2.16. The first-order valence-corrected chi connectivity index (χ1v) is 10.4. The van der Waals surface area contributed by atoms with E-state index in [4.69, 9.17) is 9.47 Å². The van der Waals surface area contributed by atoms with Gasteiger partial charge in [-0.15, -0.1) is 11.8 Å². The molecule has 1 aliphatic heterocycles. The maximum atomic E-state index is 13.6. The van der Waals surface area contributed by atoms with Crippen LogP contribution in [0.15, 0.2) is 53.4 Å². The van der Waals surface area contributed by atoms with Crippen LogP contribution in [0.5, 0.6) is 5.75 Å². The Morgan fingerprint density at radius 3 is 2.72 bits per heavy atom. The standard InChI is InChI=1S/C21H23FN2O4S/c1-14(28-18-10-4-3-9-17(18)22)20(25)23-24-21(26)16-8-2-5-11-19(16)29-13-15-7-6-12-27-15/h2-5,8-11,14-15H,6-7,12-13H2,1H3,(H,23,25)(H,24,26). The Labute approximate surface area is 173 Å². The number of carbonyl (C=O) groups excluding carboxylic acids is 2. The SMILES string of the molecule is CC(Oc1ccccc1F)C(=O)NNC(=O)c1ccccc1SCC1CCCO1. The van der Waals surface area contributed by atoms with E-state index in [1.165, 1.54) is 25.1 Å². The third kappa shape index (κ3) is 5.95. The first kappa shape index (κ1) is 21.1. The summed E-state index contributed by atoms with van der Waals surface area (Å²) in [5.74, 6) is -0.854. The van der Waals surface area contributed by atoms with E-state index in [2.05, 4.69) is 10.9 Å². The highest BCUT2D eigenvalue weighted by Crippen LogP contribution is 2.26. The number of amides is 2. The molecule has 3 rings (SSSR count). The molecule has 0 bridgehead atoms. The fourth-order valence-corrected chi connectivity index (χ4v) is 3.93. The second-order valence-electron chi connectivity index (χ2n) is 6.58. The molecule has 2 N–H and O–H groups in total. The number of thioether (sulfide) groups is 1. The maximum Gasteiger partial charge on any atom is 0.279 e. The van der Waals surface area contributed by atoms with Crippen LogP contribution in [0.25, 0.3) is 0 Å². The third-order valence-corrected chi connectivity index (χ3v) is 5.59. The van der Waals surface area contributed by atoms with Gasteiger partial charge < -0.3 is 9.47 Å². The van der Waals surface area contributed by atoms with Gasteiger partial charge in [0, 0.05) is 17.3 Å². The Morgan fingerprint density at radius 1 is 1.21 bits per heavy atom. The summed E-state index contributed by atoms with van der Waals surface area (Å²) in [6, 6.07) is 13.0. The van der Waals surface area contributed by atoms with Crippen molar-refractivity contribution in [3.8, 4) is 5.75 Å². The summed E-state index contributed by atoms with van der Waals surface area (Å²) in [6.07, 6.45) is 1.30. The van der Waals surface area contributed by atoms with Crippen molar-refractivity contribution in [1.29, 1.82) is 0 Å². The molecule has 2 unspecified atom stereocenters. The number of halogens is 1.